The van der Waals surface area contributed by atoms with Gasteiger partial charge in [-0.2, -0.15) is 0 Å². The minimum atomic E-state index is 0.447. The lowest BCUT2D eigenvalue weighted by Crippen LogP contribution is -2.41. The molecule has 1 aliphatic heterocycles. The van der Waals surface area contributed by atoms with Crippen LogP contribution in [0.3, 0.4) is 0 Å². The summed E-state index contributed by atoms with van der Waals surface area (Å²) < 4.78 is 0. The molecule has 1 aromatic carbocycles. The lowest BCUT2D eigenvalue weighted by Gasteiger charge is -2.42. The van der Waals surface area contributed by atoms with Gasteiger partial charge in [0.1, 0.15) is 6.29 Å². The van der Waals surface area contributed by atoms with Gasteiger partial charge in [-0.15, -0.1) is 0 Å². The molecule has 0 spiro atoms. The van der Waals surface area contributed by atoms with E-state index in [1.54, 1.807) is 0 Å². The first-order valence-electron chi connectivity index (χ1n) is 5.88. The summed E-state index contributed by atoms with van der Waals surface area (Å²) in [6.07, 6.45) is 0.978. The van der Waals surface area contributed by atoms with Crippen molar-refractivity contribution < 1.29 is 4.79 Å². The van der Waals surface area contributed by atoms with Crippen molar-refractivity contribution in [2.24, 2.45) is 5.92 Å². The van der Waals surface area contributed by atoms with Crippen molar-refractivity contribution >= 4 is 12.0 Å². The van der Waals surface area contributed by atoms with Crippen LogP contribution in [-0.2, 0) is 0 Å². The molecule has 1 heterocycles. The maximum atomic E-state index is 11.1. The van der Waals surface area contributed by atoms with E-state index in [1.807, 2.05) is 12.1 Å². The molecule has 2 heteroatoms. The van der Waals surface area contributed by atoms with E-state index in [-0.39, 0.29) is 0 Å². The van der Waals surface area contributed by atoms with E-state index < -0.39 is 0 Å². The molecular formula is C14H19NO. The van der Waals surface area contributed by atoms with E-state index in [2.05, 4.69) is 38.8 Å². The Bertz CT molecular complexity index is 413. The third-order valence-corrected chi connectivity index (χ3v) is 4.24. The molecule has 0 saturated carbocycles. The fraction of sp³-hybridized carbons (Fsp3) is 0.500. The topological polar surface area (TPSA) is 20.3 Å². The van der Waals surface area contributed by atoms with Gasteiger partial charge in [0.25, 0.3) is 0 Å². The molecule has 3 unspecified atom stereocenters. The predicted octanol–water partition coefficient (Wildman–Crippen LogP) is 3.08. The Kier molecular flexibility index (Phi) is 2.75. The van der Waals surface area contributed by atoms with Crippen LogP contribution in [0.15, 0.2) is 18.2 Å². The van der Waals surface area contributed by atoms with E-state index in [9.17, 15) is 4.79 Å². The highest BCUT2D eigenvalue weighted by Crippen LogP contribution is 2.42. The summed E-state index contributed by atoms with van der Waals surface area (Å²) in [4.78, 5) is 13.4. The summed E-state index contributed by atoms with van der Waals surface area (Å²) in [6.45, 7) is 6.73. The Morgan fingerprint density at radius 3 is 2.56 bits per heavy atom. The van der Waals surface area contributed by atoms with Crippen molar-refractivity contribution in [3.63, 3.8) is 0 Å². The molecule has 3 atom stereocenters. The lowest BCUT2D eigenvalue weighted by molar-refractivity contribution is 0.112. The van der Waals surface area contributed by atoms with Crippen molar-refractivity contribution in [2.45, 2.75) is 32.7 Å². The summed E-state index contributed by atoms with van der Waals surface area (Å²) in [6, 6.07) is 6.51. The quantitative estimate of drug-likeness (QED) is 0.674. The Labute approximate surface area is 97.3 Å². The molecule has 0 bridgehead atoms. The third-order valence-electron chi connectivity index (χ3n) is 4.24. The van der Waals surface area contributed by atoms with Crippen LogP contribution in [0.2, 0.25) is 0 Å². The zero-order valence-electron chi connectivity index (χ0n) is 10.4. The van der Waals surface area contributed by atoms with Crippen LogP contribution >= 0.6 is 0 Å². The number of hydrogen-bond acceptors (Lipinski definition) is 2. The van der Waals surface area contributed by atoms with Crippen molar-refractivity contribution in [1.82, 2.24) is 0 Å². The average molecular weight is 217 g/mol. The van der Waals surface area contributed by atoms with Crippen LogP contribution in [0, 0.1) is 5.92 Å². The number of carbonyl (C=O) groups is 1. The smallest absolute Gasteiger partial charge is 0.150 e. The largest absolute Gasteiger partial charge is 0.371 e. The fourth-order valence-electron chi connectivity index (χ4n) is 2.73. The number of hydrogen-bond donors (Lipinski definition) is 0. The van der Waals surface area contributed by atoms with Gasteiger partial charge in [0, 0.05) is 24.3 Å². The Morgan fingerprint density at radius 1 is 1.25 bits per heavy atom. The number of carbonyl (C=O) groups excluding carboxylic acids is 1. The van der Waals surface area contributed by atoms with Crippen LogP contribution in [0.5, 0.6) is 0 Å². The van der Waals surface area contributed by atoms with Gasteiger partial charge in [-0.3, -0.25) is 4.79 Å². The fourth-order valence-corrected chi connectivity index (χ4v) is 2.73. The molecule has 1 aromatic rings. The standard InChI is InChI=1S/C14H19NO/c1-9-10(2)14-12(8-16)6-5-7-13(14)15(4)11(9)3/h5-11H,1-4H3. The van der Waals surface area contributed by atoms with Crippen LogP contribution in [0.25, 0.3) is 0 Å². The van der Waals surface area contributed by atoms with Gasteiger partial charge in [0.2, 0.25) is 0 Å². The molecule has 0 N–H and O–H groups in total. The highest BCUT2D eigenvalue weighted by atomic mass is 16.1. The van der Waals surface area contributed by atoms with E-state index in [1.165, 1.54) is 11.3 Å². The number of aldehydes is 1. The summed E-state index contributed by atoms with van der Waals surface area (Å²) in [5, 5.41) is 0. The second-order valence-electron chi connectivity index (χ2n) is 4.90. The summed E-state index contributed by atoms with van der Waals surface area (Å²) in [5.41, 5.74) is 3.27. The van der Waals surface area contributed by atoms with Gasteiger partial charge in [-0.25, -0.2) is 0 Å². The van der Waals surface area contributed by atoms with Crippen molar-refractivity contribution in [1.29, 1.82) is 0 Å². The zero-order chi connectivity index (χ0) is 11.9. The van der Waals surface area contributed by atoms with Gasteiger partial charge < -0.3 is 4.90 Å². The summed E-state index contributed by atoms with van der Waals surface area (Å²) in [7, 11) is 2.11. The zero-order valence-corrected chi connectivity index (χ0v) is 10.4. The molecule has 16 heavy (non-hydrogen) atoms. The first-order valence-corrected chi connectivity index (χ1v) is 5.88. The normalized spacial score (nSPS) is 28.8. The van der Waals surface area contributed by atoms with Crippen LogP contribution in [-0.4, -0.2) is 19.4 Å². The Hall–Kier alpha value is -1.31. The third kappa shape index (κ3) is 1.44. The maximum absolute atomic E-state index is 11.1. The van der Waals surface area contributed by atoms with Gasteiger partial charge in [0.05, 0.1) is 0 Å². The van der Waals surface area contributed by atoms with Crippen molar-refractivity contribution in [3.05, 3.63) is 29.3 Å². The second kappa shape index (κ2) is 3.93. The molecule has 0 fully saturated rings. The van der Waals surface area contributed by atoms with Gasteiger partial charge >= 0.3 is 0 Å². The number of nitrogens with zero attached hydrogens (tertiary/aromatic N) is 1. The van der Waals surface area contributed by atoms with Crippen molar-refractivity contribution in [2.75, 3.05) is 11.9 Å². The first kappa shape index (κ1) is 11.2. The van der Waals surface area contributed by atoms with Gasteiger partial charge in [-0.1, -0.05) is 26.0 Å². The molecule has 0 saturated heterocycles. The highest BCUT2D eigenvalue weighted by Gasteiger charge is 2.33. The molecule has 2 nitrogen and oxygen atoms in total. The minimum Gasteiger partial charge on any atom is -0.371 e. The minimum absolute atomic E-state index is 0.447. The predicted molar refractivity (Wildman–Crippen MR) is 67.3 cm³/mol. The summed E-state index contributed by atoms with van der Waals surface area (Å²) in [5.74, 6) is 1.01. The van der Waals surface area contributed by atoms with Crippen molar-refractivity contribution in [3.8, 4) is 0 Å². The number of fused-ring (bicyclic) bond motifs is 1. The van der Waals surface area contributed by atoms with E-state index in [0.29, 0.717) is 17.9 Å². The molecule has 0 radical (unpaired) electrons. The summed E-state index contributed by atoms with van der Waals surface area (Å²) >= 11 is 0. The monoisotopic (exact) mass is 217 g/mol. The molecule has 2 rings (SSSR count). The number of rotatable bonds is 1. The molecule has 86 valence electrons. The molecular weight excluding hydrogens is 198 g/mol. The van der Waals surface area contributed by atoms with E-state index in [4.69, 9.17) is 0 Å². The Morgan fingerprint density at radius 2 is 1.94 bits per heavy atom. The lowest BCUT2D eigenvalue weighted by atomic mass is 9.77. The number of benzene rings is 1. The first-order chi connectivity index (χ1) is 7.57. The Balaban J connectivity index is 2.62. The molecule has 0 amide bonds. The maximum Gasteiger partial charge on any atom is 0.150 e. The molecule has 0 aromatic heterocycles. The van der Waals surface area contributed by atoms with Crippen LogP contribution < -0.4 is 4.90 Å². The van der Waals surface area contributed by atoms with Crippen LogP contribution in [0.4, 0.5) is 5.69 Å². The van der Waals surface area contributed by atoms with Crippen LogP contribution in [0.1, 0.15) is 42.6 Å². The van der Waals surface area contributed by atoms with E-state index >= 15 is 0 Å². The molecule has 0 aliphatic carbocycles. The SMILES string of the molecule is CC1c2c(C=O)cccc2N(C)C(C)C1C. The second-order valence-corrected chi connectivity index (χ2v) is 4.90. The number of anilines is 1. The van der Waals surface area contributed by atoms with Gasteiger partial charge in [-0.05, 0) is 30.4 Å². The molecule has 1 aliphatic rings. The highest BCUT2D eigenvalue weighted by molar-refractivity contribution is 5.82. The van der Waals surface area contributed by atoms with Gasteiger partial charge in [0.15, 0.2) is 0 Å². The van der Waals surface area contributed by atoms with E-state index in [0.717, 1.165) is 11.8 Å². The average Bonchev–Trinajstić information content (AvgIpc) is 2.32.